The highest BCUT2D eigenvalue weighted by atomic mass is 17.2. The molecule has 1 unspecified atom stereocenters. The summed E-state index contributed by atoms with van der Waals surface area (Å²) in [7, 11) is 0. The minimum atomic E-state index is -0.453. The standard InChI is InChI=1S/C29H28N2O3/c1-20(32)33-34-27-14-8-13-24-17-21(15-16-26(24)27)18-25-19-30-29(31-25)28(22-9-4-2-5-10-22)23-11-6-3-7-12-23/h2-14,19,21,28H,15-18H2,1H3,(H,30,31). The van der Waals surface area contributed by atoms with E-state index in [9.17, 15) is 4.79 Å². The van der Waals surface area contributed by atoms with Gasteiger partial charge in [0.2, 0.25) is 0 Å². The van der Waals surface area contributed by atoms with Gasteiger partial charge in [-0.15, -0.1) is 0 Å². The van der Waals surface area contributed by atoms with Gasteiger partial charge in [0.25, 0.3) is 0 Å². The summed E-state index contributed by atoms with van der Waals surface area (Å²) >= 11 is 0. The van der Waals surface area contributed by atoms with Crippen LogP contribution >= 0.6 is 0 Å². The Kier molecular flexibility index (Phi) is 6.43. The molecule has 0 saturated heterocycles. The summed E-state index contributed by atoms with van der Waals surface area (Å²) in [6.45, 7) is 1.34. The first-order chi connectivity index (χ1) is 16.7. The van der Waals surface area contributed by atoms with Crippen molar-refractivity contribution in [2.45, 2.75) is 38.5 Å². The maximum atomic E-state index is 11.1. The molecular weight excluding hydrogens is 424 g/mol. The van der Waals surface area contributed by atoms with Gasteiger partial charge in [0.1, 0.15) is 5.82 Å². The van der Waals surface area contributed by atoms with Crippen LogP contribution in [0.1, 0.15) is 53.0 Å². The molecule has 5 nitrogen and oxygen atoms in total. The zero-order valence-corrected chi connectivity index (χ0v) is 19.2. The number of imidazole rings is 1. The van der Waals surface area contributed by atoms with Crippen molar-refractivity contribution in [1.82, 2.24) is 9.97 Å². The summed E-state index contributed by atoms with van der Waals surface area (Å²) < 4.78 is 0. The zero-order chi connectivity index (χ0) is 23.3. The molecule has 1 aromatic heterocycles. The topological polar surface area (TPSA) is 64.2 Å². The minimum absolute atomic E-state index is 0.0733. The van der Waals surface area contributed by atoms with Crippen molar-refractivity contribution in [1.29, 1.82) is 0 Å². The molecule has 0 fully saturated rings. The number of nitrogens with zero attached hydrogens (tertiary/aromatic N) is 1. The molecule has 5 heteroatoms. The van der Waals surface area contributed by atoms with E-state index in [0.717, 1.165) is 42.8 Å². The van der Waals surface area contributed by atoms with Gasteiger partial charge in [-0.2, -0.15) is 0 Å². The summed E-state index contributed by atoms with van der Waals surface area (Å²) in [5, 5.41) is 0. The first-order valence-electron chi connectivity index (χ1n) is 11.8. The monoisotopic (exact) mass is 452 g/mol. The third-order valence-corrected chi connectivity index (χ3v) is 6.49. The maximum Gasteiger partial charge on any atom is 0.352 e. The van der Waals surface area contributed by atoms with Gasteiger partial charge in [-0.05, 0) is 54.4 Å². The molecule has 4 aromatic rings. The third kappa shape index (κ3) is 4.88. The van der Waals surface area contributed by atoms with Crippen LogP contribution in [-0.4, -0.2) is 15.9 Å². The largest absolute Gasteiger partial charge is 0.352 e. The molecule has 0 aliphatic heterocycles. The molecule has 172 valence electrons. The highest BCUT2D eigenvalue weighted by molar-refractivity contribution is 5.65. The molecule has 1 aliphatic rings. The van der Waals surface area contributed by atoms with Crippen LogP contribution in [0.15, 0.2) is 85.1 Å². The van der Waals surface area contributed by atoms with Gasteiger partial charge >= 0.3 is 5.97 Å². The molecule has 34 heavy (non-hydrogen) atoms. The zero-order valence-electron chi connectivity index (χ0n) is 19.2. The fourth-order valence-electron chi connectivity index (χ4n) is 4.94. The van der Waals surface area contributed by atoms with Gasteiger partial charge < -0.3 is 4.98 Å². The number of aromatic amines is 1. The second-order valence-corrected chi connectivity index (χ2v) is 8.91. The van der Waals surface area contributed by atoms with E-state index in [1.54, 1.807) is 0 Å². The Bertz CT molecular complexity index is 1210. The van der Waals surface area contributed by atoms with E-state index < -0.39 is 5.97 Å². The fraction of sp³-hybridized carbons (Fsp3) is 0.241. The third-order valence-electron chi connectivity index (χ3n) is 6.49. The van der Waals surface area contributed by atoms with E-state index in [4.69, 9.17) is 14.8 Å². The molecule has 0 spiro atoms. The van der Waals surface area contributed by atoms with Gasteiger partial charge in [-0.25, -0.2) is 9.78 Å². The van der Waals surface area contributed by atoms with Crippen LogP contribution in [0.4, 0.5) is 0 Å². The highest BCUT2D eigenvalue weighted by Gasteiger charge is 2.24. The Morgan fingerprint density at radius 1 is 1.00 bits per heavy atom. The number of aromatic nitrogens is 2. The van der Waals surface area contributed by atoms with Crippen molar-refractivity contribution in [3.05, 3.63) is 119 Å². The van der Waals surface area contributed by atoms with E-state index in [1.807, 2.05) is 30.5 Å². The van der Waals surface area contributed by atoms with E-state index in [-0.39, 0.29) is 5.92 Å². The fourth-order valence-corrected chi connectivity index (χ4v) is 4.94. The Morgan fingerprint density at radius 2 is 1.71 bits per heavy atom. The van der Waals surface area contributed by atoms with E-state index in [2.05, 4.69) is 59.6 Å². The molecule has 1 aliphatic carbocycles. The first kappa shape index (κ1) is 22.0. The normalized spacial score (nSPS) is 15.1. The molecule has 0 bridgehead atoms. The van der Waals surface area contributed by atoms with Gasteiger partial charge in [0.15, 0.2) is 5.75 Å². The number of hydrogen-bond donors (Lipinski definition) is 1. The molecule has 1 atom stereocenters. The van der Waals surface area contributed by atoms with Crippen molar-refractivity contribution in [3.63, 3.8) is 0 Å². The summed E-state index contributed by atoms with van der Waals surface area (Å²) in [6, 6.07) is 27.0. The average molecular weight is 453 g/mol. The molecule has 0 saturated carbocycles. The number of fused-ring (bicyclic) bond motifs is 1. The van der Waals surface area contributed by atoms with E-state index >= 15 is 0 Å². The van der Waals surface area contributed by atoms with Crippen LogP contribution in [0.2, 0.25) is 0 Å². The van der Waals surface area contributed by atoms with E-state index in [1.165, 1.54) is 23.6 Å². The van der Waals surface area contributed by atoms with Crippen molar-refractivity contribution in [2.24, 2.45) is 5.92 Å². The summed E-state index contributed by atoms with van der Waals surface area (Å²) in [5.74, 6) is 1.75. The Hall–Kier alpha value is -3.86. The van der Waals surface area contributed by atoms with Crippen molar-refractivity contribution in [2.75, 3.05) is 0 Å². The number of carbonyl (C=O) groups is 1. The predicted molar refractivity (Wildman–Crippen MR) is 130 cm³/mol. The van der Waals surface area contributed by atoms with Gasteiger partial charge in [-0.3, -0.25) is 9.78 Å². The van der Waals surface area contributed by atoms with Crippen LogP contribution in [-0.2, 0) is 28.9 Å². The van der Waals surface area contributed by atoms with Crippen molar-refractivity contribution < 1.29 is 14.6 Å². The lowest BCUT2D eigenvalue weighted by Crippen LogP contribution is -2.18. The summed E-state index contributed by atoms with van der Waals surface area (Å²) in [4.78, 5) is 29.6. The number of benzene rings is 3. The second kappa shape index (κ2) is 9.96. The number of carbonyl (C=O) groups excluding carboxylic acids is 1. The summed E-state index contributed by atoms with van der Waals surface area (Å²) in [6.07, 6.45) is 5.83. The smallest absolute Gasteiger partial charge is 0.345 e. The van der Waals surface area contributed by atoms with Gasteiger partial charge in [0, 0.05) is 24.4 Å². The molecule has 1 heterocycles. The second-order valence-electron chi connectivity index (χ2n) is 8.91. The van der Waals surface area contributed by atoms with E-state index in [0.29, 0.717) is 11.7 Å². The number of hydrogen-bond acceptors (Lipinski definition) is 4. The van der Waals surface area contributed by atoms with Gasteiger partial charge in [-0.1, -0.05) is 72.8 Å². The predicted octanol–water partition coefficient (Wildman–Crippen LogP) is 5.79. The molecule has 0 amide bonds. The molecule has 0 radical (unpaired) electrons. The van der Waals surface area contributed by atoms with Crippen LogP contribution in [0, 0.1) is 5.92 Å². The average Bonchev–Trinajstić information content (AvgIpc) is 3.31. The first-order valence-corrected chi connectivity index (χ1v) is 11.8. The quantitative estimate of drug-likeness (QED) is 0.285. The van der Waals surface area contributed by atoms with Crippen molar-refractivity contribution in [3.8, 4) is 5.75 Å². The van der Waals surface area contributed by atoms with Crippen LogP contribution in [0.3, 0.4) is 0 Å². The SMILES string of the molecule is CC(=O)OOc1cccc2c1CCC(Cc1cnc(C(c3ccccc3)c3ccccc3)[nH]1)C2. The minimum Gasteiger partial charge on any atom is -0.345 e. The Balaban J connectivity index is 1.33. The Morgan fingerprint density at radius 3 is 2.38 bits per heavy atom. The van der Waals surface area contributed by atoms with Crippen LogP contribution in [0.5, 0.6) is 5.75 Å². The van der Waals surface area contributed by atoms with Crippen molar-refractivity contribution >= 4 is 5.97 Å². The lowest BCUT2D eigenvalue weighted by molar-refractivity contribution is -0.211. The molecule has 1 N–H and O–H groups in total. The number of rotatable bonds is 7. The lowest BCUT2D eigenvalue weighted by Gasteiger charge is -2.25. The van der Waals surface area contributed by atoms with Crippen LogP contribution in [0.25, 0.3) is 0 Å². The maximum absolute atomic E-state index is 11.1. The molecule has 5 rings (SSSR count). The molecular formula is C29H28N2O3. The number of H-pyrrole nitrogens is 1. The number of nitrogens with one attached hydrogen (secondary N) is 1. The Labute approximate surface area is 199 Å². The summed E-state index contributed by atoms with van der Waals surface area (Å²) in [5.41, 5.74) is 6.00. The molecule has 3 aromatic carbocycles. The van der Waals surface area contributed by atoms with Crippen LogP contribution < -0.4 is 4.89 Å². The van der Waals surface area contributed by atoms with Gasteiger partial charge in [0.05, 0.1) is 5.92 Å². The lowest BCUT2D eigenvalue weighted by atomic mass is 9.81. The highest BCUT2D eigenvalue weighted by Crippen LogP contribution is 2.34.